The fraction of sp³-hybridized carbons (Fsp3) is 0.259. The maximum atomic E-state index is 12.2. The van der Waals surface area contributed by atoms with E-state index in [1.54, 1.807) is 12.1 Å². The monoisotopic (exact) mass is 444 g/mol. The molecule has 0 fully saturated rings. The molecule has 1 aliphatic heterocycles. The first-order valence-corrected chi connectivity index (χ1v) is 11.3. The number of carboxylic acids is 1. The molecule has 1 aliphatic rings. The molecule has 0 aromatic heterocycles. The molecule has 33 heavy (non-hydrogen) atoms. The fourth-order valence-electron chi connectivity index (χ4n) is 4.06. The number of aromatic carboxylic acids is 1. The lowest BCUT2D eigenvalue weighted by Crippen LogP contribution is -2.29. The van der Waals surface area contributed by atoms with Crippen LogP contribution >= 0.6 is 0 Å². The highest BCUT2D eigenvalue weighted by molar-refractivity contribution is 5.98. The third kappa shape index (κ3) is 5.34. The number of carboxylic acid groups (broad SMARTS) is 1. The van der Waals surface area contributed by atoms with Crippen LogP contribution in [0.2, 0.25) is 0 Å². The van der Waals surface area contributed by atoms with Crippen molar-refractivity contribution in [3.63, 3.8) is 0 Å². The van der Waals surface area contributed by atoms with Crippen molar-refractivity contribution in [3.8, 4) is 5.75 Å². The Kier molecular flexibility index (Phi) is 6.93. The lowest BCUT2D eigenvalue weighted by molar-refractivity contribution is -0.116. The Morgan fingerprint density at radius 2 is 1.82 bits per heavy atom. The van der Waals surface area contributed by atoms with Crippen LogP contribution in [0.15, 0.2) is 72.8 Å². The zero-order chi connectivity index (χ0) is 23.2. The van der Waals surface area contributed by atoms with Gasteiger partial charge in [-0.25, -0.2) is 4.79 Å². The van der Waals surface area contributed by atoms with E-state index >= 15 is 0 Å². The Morgan fingerprint density at radius 1 is 1.06 bits per heavy atom. The minimum absolute atomic E-state index is 0.109. The molecule has 1 atom stereocenters. The summed E-state index contributed by atoms with van der Waals surface area (Å²) in [6.45, 7) is 3.03. The third-order valence-electron chi connectivity index (χ3n) is 5.77. The Morgan fingerprint density at radius 3 is 2.58 bits per heavy atom. The molecule has 0 saturated heterocycles. The number of benzene rings is 3. The van der Waals surface area contributed by atoms with E-state index in [1.165, 1.54) is 6.07 Å². The summed E-state index contributed by atoms with van der Waals surface area (Å²) in [5.41, 5.74) is 3.24. The second-order valence-corrected chi connectivity index (χ2v) is 8.19. The summed E-state index contributed by atoms with van der Waals surface area (Å²) in [7, 11) is 0. The molecule has 3 aromatic carbocycles. The third-order valence-corrected chi connectivity index (χ3v) is 5.77. The molecule has 1 unspecified atom stereocenters. The molecule has 0 spiro atoms. The summed E-state index contributed by atoms with van der Waals surface area (Å²) >= 11 is 0. The summed E-state index contributed by atoms with van der Waals surface area (Å²) in [5, 5.41) is 12.8. The SMILES string of the molecule is CCCCC(=O)Nc1ccc(N2Cc3ccccc3OC(c3ccccc3)C2)c(C(=O)O)c1. The standard InChI is InChI=1S/C27H28N2O4/c1-2-3-13-26(30)28-21-14-15-23(22(16-21)27(31)32)29-17-20-11-7-8-12-24(20)33-25(18-29)19-9-5-4-6-10-19/h4-12,14-16,25H,2-3,13,17-18H2,1H3,(H,28,30)(H,31,32). The largest absolute Gasteiger partial charge is 0.484 e. The lowest BCUT2D eigenvalue weighted by atomic mass is 10.1. The van der Waals surface area contributed by atoms with Gasteiger partial charge < -0.3 is 20.1 Å². The normalized spacial score (nSPS) is 15.2. The van der Waals surface area contributed by atoms with Gasteiger partial charge in [0.25, 0.3) is 0 Å². The van der Waals surface area contributed by atoms with E-state index in [2.05, 4.69) is 5.32 Å². The molecule has 170 valence electrons. The maximum absolute atomic E-state index is 12.2. The molecular weight excluding hydrogens is 416 g/mol. The molecule has 0 bridgehead atoms. The fourth-order valence-corrected chi connectivity index (χ4v) is 4.06. The zero-order valence-electron chi connectivity index (χ0n) is 18.7. The van der Waals surface area contributed by atoms with E-state index in [0.29, 0.717) is 30.9 Å². The smallest absolute Gasteiger partial charge is 0.337 e. The van der Waals surface area contributed by atoms with Crippen LogP contribution in [0.4, 0.5) is 11.4 Å². The van der Waals surface area contributed by atoms with Gasteiger partial charge in [0, 0.05) is 24.2 Å². The van der Waals surface area contributed by atoms with Gasteiger partial charge in [0.05, 0.1) is 17.8 Å². The van der Waals surface area contributed by atoms with E-state index in [-0.39, 0.29) is 17.6 Å². The summed E-state index contributed by atoms with van der Waals surface area (Å²) in [6, 6.07) is 22.9. The number of nitrogens with zero attached hydrogens (tertiary/aromatic N) is 1. The number of rotatable bonds is 7. The van der Waals surface area contributed by atoms with Gasteiger partial charge in [0.15, 0.2) is 0 Å². The topological polar surface area (TPSA) is 78.9 Å². The number of carbonyl (C=O) groups is 2. The molecular formula is C27H28N2O4. The number of amides is 1. The van der Waals surface area contributed by atoms with Crippen LogP contribution in [0.5, 0.6) is 5.75 Å². The van der Waals surface area contributed by atoms with Gasteiger partial charge in [-0.1, -0.05) is 61.9 Å². The van der Waals surface area contributed by atoms with Crippen LogP contribution in [0.25, 0.3) is 0 Å². The molecule has 0 aliphatic carbocycles. The number of nitrogens with one attached hydrogen (secondary N) is 1. The number of unbranched alkanes of at least 4 members (excludes halogenated alkanes) is 1. The van der Waals surface area contributed by atoms with Crippen LogP contribution in [0.3, 0.4) is 0 Å². The zero-order valence-corrected chi connectivity index (χ0v) is 18.7. The predicted molar refractivity (Wildman–Crippen MR) is 129 cm³/mol. The molecule has 1 heterocycles. The second-order valence-electron chi connectivity index (χ2n) is 8.19. The van der Waals surface area contributed by atoms with Crippen LogP contribution < -0.4 is 15.0 Å². The van der Waals surface area contributed by atoms with Crippen molar-refractivity contribution >= 4 is 23.3 Å². The van der Waals surface area contributed by atoms with Crippen molar-refractivity contribution in [2.45, 2.75) is 38.8 Å². The summed E-state index contributed by atoms with van der Waals surface area (Å²) < 4.78 is 6.36. The molecule has 3 aromatic rings. The van der Waals surface area contributed by atoms with Crippen LogP contribution in [-0.4, -0.2) is 23.5 Å². The van der Waals surface area contributed by atoms with E-state index in [0.717, 1.165) is 29.7 Å². The molecule has 6 nitrogen and oxygen atoms in total. The van der Waals surface area contributed by atoms with Crippen molar-refractivity contribution in [2.75, 3.05) is 16.8 Å². The van der Waals surface area contributed by atoms with E-state index in [9.17, 15) is 14.7 Å². The highest BCUT2D eigenvalue weighted by Gasteiger charge is 2.27. The number of fused-ring (bicyclic) bond motifs is 1. The molecule has 0 saturated carbocycles. The van der Waals surface area contributed by atoms with Crippen LogP contribution in [-0.2, 0) is 11.3 Å². The molecule has 4 rings (SSSR count). The molecule has 2 N–H and O–H groups in total. The van der Waals surface area contributed by atoms with Gasteiger partial charge >= 0.3 is 5.97 Å². The Labute approximate surface area is 193 Å². The van der Waals surface area contributed by atoms with Crippen molar-refractivity contribution in [1.29, 1.82) is 0 Å². The van der Waals surface area contributed by atoms with Gasteiger partial charge in [-0.2, -0.15) is 0 Å². The average Bonchev–Trinajstić information content (AvgIpc) is 3.03. The average molecular weight is 445 g/mol. The van der Waals surface area contributed by atoms with Crippen molar-refractivity contribution in [1.82, 2.24) is 0 Å². The summed E-state index contributed by atoms with van der Waals surface area (Å²) in [4.78, 5) is 26.4. The number of hydrogen-bond donors (Lipinski definition) is 2. The minimum atomic E-state index is -1.04. The molecule has 1 amide bonds. The highest BCUT2D eigenvalue weighted by Crippen LogP contribution is 2.35. The highest BCUT2D eigenvalue weighted by atomic mass is 16.5. The second kappa shape index (κ2) is 10.2. The Bertz CT molecular complexity index is 1130. The van der Waals surface area contributed by atoms with Crippen molar-refractivity contribution in [2.24, 2.45) is 0 Å². The van der Waals surface area contributed by atoms with Crippen molar-refractivity contribution in [3.05, 3.63) is 89.5 Å². The molecule has 6 heteroatoms. The Balaban J connectivity index is 1.68. The van der Waals surface area contributed by atoms with Crippen molar-refractivity contribution < 1.29 is 19.4 Å². The number of ether oxygens (including phenoxy) is 1. The molecule has 0 radical (unpaired) electrons. The predicted octanol–water partition coefficient (Wildman–Crippen LogP) is 5.65. The number of para-hydroxylation sites is 1. The quantitative estimate of drug-likeness (QED) is 0.492. The van der Waals surface area contributed by atoms with Crippen LogP contribution in [0.1, 0.15) is 53.8 Å². The van der Waals surface area contributed by atoms with Gasteiger partial charge in [-0.15, -0.1) is 0 Å². The number of carbonyl (C=O) groups excluding carboxylic acids is 1. The number of hydrogen-bond acceptors (Lipinski definition) is 4. The van der Waals surface area contributed by atoms with E-state index in [1.807, 2.05) is 66.4 Å². The van der Waals surface area contributed by atoms with Gasteiger partial charge in [0.2, 0.25) is 5.91 Å². The lowest BCUT2D eigenvalue weighted by Gasteiger charge is -2.27. The summed E-state index contributed by atoms with van der Waals surface area (Å²) in [6.07, 6.45) is 1.88. The summed E-state index contributed by atoms with van der Waals surface area (Å²) in [5.74, 6) is -0.350. The van der Waals surface area contributed by atoms with Gasteiger partial charge in [0.1, 0.15) is 11.9 Å². The van der Waals surface area contributed by atoms with E-state index < -0.39 is 5.97 Å². The first-order valence-electron chi connectivity index (χ1n) is 11.3. The Hall–Kier alpha value is -3.80. The minimum Gasteiger partial charge on any atom is -0.484 e. The van der Waals surface area contributed by atoms with Gasteiger partial charge in [-0.05, 0) is 36.2 Å². The first kappa shape index (κ1) is 22.4. The number of anilines is 2. The first-order chi connectivity index (χ1) is 16.0. The van der Waals surface area contributed by atoms with E-state index in [4.69, 9.17) is 4.74 Å². The van der Waals surface area contributed by atoms with Crippen LogP contribution in [0, 0.1) is 0 Å². The maximum Gasteiger partial charge on any atom is 0.337 e. The van der Waals surface area contributed by atoms with Gasteiger partial charge in [-0.3, -0.25) is 4.79 Å².